The Hall–Kier alpha value is -1.77. The molecule has 3 nitrogen and oxygen atoms in total. The number of ether oxygens (including phenoxy) is 1. The van der Waals surface area contributed by atoms with Crippen LogP contribution < -0.4 is 10.1 Å². The summed E-state index contributed by atoms with van der Waals surface area (Å²) < 4.78 is 5.52. The highest BCUT2D eigenvalue weighted by Gasteiger charge is 2.15. The maximum absolute atomic E-state index is 11.8. The fourth-order valence-electron chi connectivity index (χ4n) is 2.39. The predicted octanol–water partition coefficient (Wildman–Crippen LogP) is 3.55. The highest BCUT2D eigenvalue weighted by Crippen LogP contribution is 2.17. The summed E-state index contributed by atoms with van der Waals surface area (Å²) in [5.41, 5.74) is 1.01. The third-order valence-electron chi connectivity index (χ3n) is 3.48. The quantitative estimate of drug-likeness (QED) is 0.805. The fourth-order valence-corrected chi connectivity index (χ4v) is 2.39. The summed E-state index contributed by atoms with van der Waals surface area (Å²) in [6.45, 7) is 2.82. The molecule has 108 valence electrons. The molecule has 1 aromatic rings. The van der Waals surface area contributed by atoms with E-state index in [0.717, 1.165) is 37.2 Å². The van der Waals surface area contributed by atoms with E-state index in [9.17, 15) is 4.79 Å². The van der Waals surface area contributed by atoms with Crippen molar-refractivity contribution in [3.05, 3.63) is 35.9 Å². The van der Waals surface area contributed by atoms with Crippen molar-refractivity contribution in [1.29, 1.82) is 0 Å². The first-order chi connectivity index (χ1) is 9.78. The molecular weight excluding hydrogens is 250 g/mol. The van der Waals surface area contributed by atoms with Gasteiger partial charge in [-0.1, -0.05) is 31.9 Å². The number of carbonyl (C=O) groups is 1. The molecule has 0 atom stereocenters. The molecule has 0 heterocycles. The molecule has 0 bridgehead atoms. The normalized spacial score (nSPS) is 15.7. The zero-order valence-corrected chi connectivity index (χ0v) is 12.1. The van der Waals surface area contributed by atoms with E-state index < -0.39 is 0 Å². The van der Waals surface area contributed by atoms with Crippen LogP contribution in [0.4, 0.5) is 0 Å². The van der Waals surface area contributed by atoms with Crippen LogP contribution in [0.15, 0.2) is 30.3 Å². The Kier molecular flexibility index (Phi) is 5.66. The van der Waals surface area contributed by atoms with E-state index >= 15 is 0 Å². The summed E-state index contributed by atoms with van der Waals surface area (Å²) in [7, 11) is 0. The standard InChI is InChI=1S/C17H23NO2/c1-2-13-20-16-10-7-14(8-11-16)9-12-17(19)18-15-5-3-4-6-15/h7-12,15H,2-6,13H2,1H3,(H,18,19)/b12-9+. The largest absolute Gasteiger partial charge is 0.494 e. The molecule has 2 rings (SSSR count). The summed E-state index contributed by atoms with van der Waals surface area (Å²) in [6, 6.07) is 8.17. The average molecular weight is 273 g/mol. The molecular formula is C17H23NO2. The maximum Gasteiger partial charge on any atom is 0.244 e. The first-order valence-corrected chi connectivity index (χ1v) is 7.49. The number of nitrogens with one attached hydrogen (secondary N) is 1. The minimum absolute atomic E-state index is 0.00297. The van der Waals surface area contributed by atoms with Crippen molar-refractivity contribution in [2.24, 2.45) is 0 Å². The van der Waals surface area contributed by atoms with E-state index in [-0.39, 0.29) is 5.91 Å². The van der Waals surface area contributed by atoms with Crippen LogP contribution in [0.3, 0.4) is 0 Å². The van der Waals surface area contributed by atoms with Crippen LogP contribution in [0.2, 0.25) is 0 Å². The third-order valence-corrected chi connectivity index (χ3v) is 3.48. The van der Waals surface area contributed by atoms with E-state index in [4.69, 9.17) is 4.74 Å². The van der Waals surface area contributed by atoms with E-state index in [1.54, 1.807) is 6.08 Å². The van der Waals surface area contributed by atoms with Gasteiger partial charge in [0.05, 0.1) is 6.61 Å². The van der Waals surface area contributed by atoms with Crippen molar-refractivity contribution in [3.8, 4) is 5.75 Å². The first kappa shape index (κ1) is 14.6. The van der Waals surface area contributed by atoms with Gasteiger partial charge in [-0.25, -0.2) is 0 Å². The lowest BCUT2D eigenvalue weighted by Crippen LogP contribution is -2.30. The SMILES string of the molecule is CCCOc1ccc(/C=C/C(=O)NC2CCCC2)cc1. The van der Waals surface area contributed by atoms with Gasteiger partial charge in [0.25, 0.3) is 0 Å². The highest BCUT2D eigenvalue weighted by molar-refractivity contribution is 5.91. The summed E-state index contributed by atoms with van der Waals surface area (Å²) in [5.74, 6) is 0.877. The van der Waals surface area contributed by atoms with Crippen molar-refractivity contribution in [1.82, 2.24) is 5.32 Å². The van der Waals surface area contributed by atoms with Crippen LogP contribution in [0.5, 0.6) is 5.75 Å². The Labute approximate surface area is 121 Å². The summed E-state index contributed by atoms with van der Waals surface area (Å²) in [6.07, 6.45) is 9.14. The highest BCUT2D eigenvalue weighted by atomic mass is 16.5. The molecule has 1 aromatic carbocycles. The molecule has 1 aliphatic carbocycles. The molecule has 1 aliphatic rings. The van der Waals surface area contributed by atoms with Crippen LogP contribution in [0.25, 0.3) is 6.08 Å². The van der Waals surface area contributed by atoms with Gasteiger partial charge in [0.15, 0.2) is 0 Å². The van der Waals surface area contributed by atoms with E-state index in [0.29, 0.717) is 6.04 Å². The summed E-state index contributed by atoms with van der Waals surface area (Å²) in [5, 5.41) is 3.04. The summed E-state index contributed by atoms with van der Waals surface area (Å²) in [4.78, 5) is 11.8. The van der Waals surface area contributed by atoms with Gasteiger partial charge in [0, 0.05) is 12.1 Å². The monoisotopic (exact) mass is 273 g/mol. The molecule has 1 amide bonds. The molecule has 0 aliphatic heterocycles. The van der Waals surface area contributed by atoms with Gasteiger partial charge in [-0.15, -0.1) is 0 Å². The zero-order valence-electron chi connectivity index (χ0n) is 12.1. The Bertz CT molecular complexity index is 445. The lowest BCUT2D eigenvalue weighted by atomic mass is 10.2. The lowest BCUT2D eigenvalue weighted by molar-refractivity contribution is -0.117. The number of hydrogen-bond acceptors (Lipinski definition) is 2. The Morgan fingerprint density at radius 1 is 1.30 bits per heavy atom. The Morgan fingerprint density at radius 3 is 2.65 bits per heavy atom. The van der Waals surface area contributed by atoms with Crippen LogP contribution in [-0.4, -0.2) is 18.6 Å². The topological polar surface area (TPSA) is 38.3 Å². The molecule has 0 unspecified atom stereocenters. The maximum atomic E-state index is 11.8. The molecule has 0 aromatic heterocycles. The number of benzene rings is 1. The molecule has 1 fully saturated rings. The molecule has 0 saturated heterocycles. The van der Waals surface area contributed by atoms with Gasteiger partial charge < -0.3 is 10.1 Å². The van der Waals surface area contributed by atoms with Gasteiger partial charge in [-0.2, -0.15) is 0 Å². The molecule has 20 heavy (non-hydrogen) atoms. The van der Waals surface area contributed by atoms with Crippen LogP contribution in [0, 0.1) is 0 Å². The molecule has 1 saturated carbocycles. The van der Waals surface area contributed by atoms with E-state index in [2.05, 4.69) is 12.2 Å². The minimum atomic E-state index is 0.00297. The second-order valence-electron chi connectivity index (χ2n) is 5.24. The minimum Gasteiger partial charge on any atom is -0.494 e. The van der Waals surface area contributed by atoms with Gasteiger partial charge in [-0.3, -0.25) is 4.79 Å². The lowest BCUT2D eigenvalue weighted by Gasteiger charge is -2.09. The van der Waals surface area contributed by atoms with Crippen LogP contribution in [-0.2, 0) is 4.79 Å². The van der Waals surface area contributed by atoms with E-state index in [1.165, 1.54) is 12.8 Å². The average Bonchev–Trinajstić information content (AvgIpc) is 2.97. The fraction of sp³-hybridized carbons (Fsp3) is 0.471. The van der Waals surface area contributed by atoms with Crippen molar-refractivity contribution in [2.75, 3.05) is 6.61 Å². The number of amides is 1. The number of rotatable bonds is 6. The predicted molar refractivity (Wildman–Crippen MR) is 81.7 cm³/mol. The van der Waals surface area contributed by atoms with Gasteiger partial charge >= 0.3 is 0 Å². The van der Waals surface area contributed by atoms with Gasteiger partial charge in [-0.05, 0) is 43.0 Å². The Morgan fingerprint density at radius 2 is 2.00 bits per heavy atom. The number of carbonyl (C=O) groups excluding carboxylic acids is 1. The zero-order chi connectivity index (χ0) is 14.2. The third kappa shape index (κ3) is 4.72. The second kappa shape index (κ2) is 7.73. The van der Waals surface area contributed by atoms with Crippen LogP contribution >= 0.6 is 0 Å². The second-order valence-corrected chi connectivity index (χ2v) is 5.24. The molecule has 0 spiro atoms. The van der Waals surface area contributed by atoms with Gasteiger partial charge in [0.1, 0.15) is 5.75 Å². The van der Waals surface area contributed by atoms with E-state index in [1.807, 2.05) is 30.3 Å². The molecule has 1 N–H and O–H groups in total. The van der Waals surface area contributed by atoms with Crippen molar-refractivity contribution in [2.45, 2.75) is 45.1 Å². The van der Waals surface area contributed by atoms with Crippen molar-refractivity contribution >= 4 is 12.0 Å². The summed E-state index contributed by atoms with van der Waals surface area (Å²) >= 11 is 0. The van der Waals surface area contributed by atoms with Crippen molar-refractivity contribution in [3.63, 3.8) is 0 Å². The Balaban J connectivity index is 1.82. The molecule has 3 heteroatoms. The van der Waals surface area contributed by atoms with Crippen LogP contribution in [0.1, 0.15) is 44.6 Å². The smallest absolute Gasteiger partial charge is 0.244 e. The molecule has 0 radical (unpaired) electrons. The number of hydrogen-bond donors (Lipinski definition) is 1. The first-order valence-electron chi connectivity index (χ1n) is 7.49. The van der Waals surface area contributed by atoms with Crippen molar-refractivity contribution < 1.29 is 9.53 Å². The van der Waals surface area contributed by atoms with Gasteiger partial charge in [0.2, 0.25) is 5.91 Å².